The van der Waals surface area contributed by atoms with Gasteiger partial charge < -0.3 is 14.2 Å². The number of unbranched alkanes of at least 4 members (excludes halogenated alkanes) is 28. The van der Waals surface area contributed by atoms with Gasteiger partial charge in [-0.2, -0.15) is 0 Å². The Morgan fingerprint density at radius 2 is 0.600 bits per heavy atom. The van der Waals surface area contributed by atoms with E-state index in [1.807, 2.05) is 0 Å². The summed E-state index contributed by atoms with van der Waals surface area (Å²) >= 11 is 0. The molecule has 0 aliphatic rings. The summed E-state index contributed by atoms with van der Waals surface area (Å²) in [6.07, 6.45) is 40.9. The van der Waals surface area contributed by atoms with Crippen LogP contribution in [0.2, 0.25) is 0 Å². The van der Waals surface area contributed by atoms with Gasteiger partial charge in [-0.1, -0.05) is 227 Å². The molecule has 0 fully saturated rings. The van der Waals surface area contributed by atoms with E-state index in [9.17, 15) is 14.4 Å². The number of hydrogen-bond donors (Lipinski definition) is 0. The maximum atomic E-state index is 12.7. The van der Waals surface area contributed by atoms with Gasteiger partial charge in [0.15, 0.2) is 6.10 Å². The molecule has 0 spiro atoms. The third kappa shape index (κ3) is 43.4. The van der Waals surface area contributed by atoms with E-state index in [-0.39, 0.29) is 31.1 Å². The molecular weight excluding hydrogens is 685 g/mol. The standard InChI is InChI=1S/C49H94O6/c1-6-7-8-9-10-11-12-15-18-24-29-34-39-47(50)53-42-46(43-54-48(51)40-35-30-25-21-20-23-28-33-38-45(4)5)55-49(52)41-36-31-26-19-16-13-14-17-22-27-32-37-44(2)3/h44-46H,6-43H2,1-5H3/t46-/m1/s1. The summed E-state index contributed by atoms with van der Waals surface area (Å²) in [7, 11) is 0. The molecule has 0 aromatic heterocycles. The molecule has 326 valence electrons. The SMILES string of the molecule is CCCCCCCCCCCCCCC(=O)OC[C@H](COC(=O)CCCCCCCCCCC(C)C)OC(=O)CCCCCCCCCCCCCC(C)C. The van der Waals surface area contributed by atoms with Gasteiger partial charge in [0, 0.05) is 19.3 Å². The van der Waals surface area contributed by atoms with Crippen molar-refractivity contribution in [2.75, 3.05) is 13.2 Å². The van der Waals surface area contributed by atoms with E-state index < -0.39 is 6.10 Å². The molecular formula is C49H94O6. The van der Waals surface area contributed by atoms with E-state index in [0.29, 0.717) is 19.3 Å². The fourth-order valence-electron chi connectivity index (χ4n) is 7.28. The topological polar surface area (TPSA) is 78.9 Å². The van der Waals surface area contributed by atoms with Crippen molar-refractivity contribution in [3.63, 3.8) is 0 Å². The first-order chi connectivity index (χ1) is 26.7. The van der Waals surface area contributed by atoms with E-state index in [1.165, 1.54) is 154 Å². The van der Waals surface area contributed by atoms with Crippen LogP contribution in [0.15, 0.2) is 0 Å². The second kappa shape index (κ2) is 42.0. The van der Waals surface area contributed by atoms with Gasteiger partial charge in [-0.25, -0.2) is 0 Å². The quantitative estimate of drug-likeness (QED) is 0.0348. The van der Waals surface area contributed by atoms with E-state index in [4.69, 9.17) is 14.2 Å². The van der Waals surface area contributed by atoms with Gasteiger partial charge in [0.25, 0.3) is 0 Å². The molecule has 0 unspecified atom stereocenters. The highest BCUT2D eigenvalue weighted by atomic mass is 16.6. The summed E-state index contributed by atoms with van der Waals surface area (Å²) in [5.74, 6) is 0.767. The van der Waals surface area contributed by atoms with Crippen LogP contribution in [0.3, 0.4) is 0 Å². The van der Waals surface area contributed by atoms with Gasteiger partial charge in [-0.05, 0) is 31.1 Å². The van der Waals surface area contributed by atoms with Crippen molar-refractivity contribution in [1.82, 2.24) is 0 Å². The number of ether oxygens (including phenoxy) is 3. The molecule has 0 amide bonds. The van der Waals surface area contributed by atoms with E-state index >= 15 is 0 Å². The maximum absolute atomic E-state index is 12.7. The zero-order chi connectivity index (χ0) is 40.5. The molecule has 0 aromatic carbocycles. The fraction of sp³-hybridized carbons (Fsp3) is 0.939. The maximum Gasteiger partial charge on any atom is 0.306 e. The van der Waals surface area contributed by atoms with Crippen LogP contribution < -0.4 is 0 Å². The minimum Gasteiger partial charge on any atom is -0.462 e. The molecule has 0 aliphatic heterocycles. The van der Waals surface area contributed by atoms with E-state index in [0.717, 1.165) is 69.6 Å². The molecule has 6 nitrogen and oxygen atoms in total. The smallest absolute Gasteiger partial charge is 0.306 e. The van der Waals surface area contributed by atoms with Crippen molar-refractivity contribution in [1.29, 1.82) is 0 Å². The van der Waals surface area contributed by atoms with Crippen LogP contribution >= 0.6 is 0 Å². The van der Waals surface area contributed by atoms with Crippen molar-refractivity contribution in [3.8, 4) is 0 Å². The molecule has 0 heterocycles. The lowest BCUT2D eigenvalue weighted by atomic mass is 10.0. The largest absolute Gasteiger partial charge is 0.462 e. The molecule has 0 bridgehead atoms. The number of hydrogen-bond acceptors (Lipinski definition) is 6. The Labute approximate surface area is 342 Å². The molecule has 0 radical (unpaired) electrons. The Morgan fingerprint density at radius 3 is 0.891 bits per heavy atom. The Balaban J connectivity index is 4.33. The molecule has 1 atom stereocenters. The molecule has 0 aromatic rings. The summed E-state index contributed by atoms with van der Waals surface area (Å²) in [4.78, 5) is 37.8. The normalized spacial score (nSPS) is 12.1. The lowest BCUT2D eigenvalue weighted by molar-refractivity contribution is -0.167. The number of carbonyl (C=O) groups is 3. The van der Waals surface area contributed by atoms with Gasteiger partial charge in [0.05, 0.1) is 0 Å². The van der Waals surface area contributed by atoms with Crippen molar-refractivity contribution in [3.05, 3.63) is 0 Å². The average molecular weight is 779 g/mol. The monoisotopic (exact) mass is 779 g/mol. The van der Waals surface area contributed by atoms with E-state index in [2.05, 4.69) is 34.6 Å². The summed E-state index contributed by atoms with van der Waals surface area (Å²) < 4.78 is 16.8. The number of esters is 3. The summed E-state index contributed by atoms with van der Waals surface area (Å²) in [6.45, 7) is 11.3. The zero-order valence-electron chi connectivity index (χ0n) is 37.6. The molecule has 6 heteroatoms. The van der Waals surface area contributed by atoms with Crippen LogP contribution in [0.5, 0.6) is 0 Å². The zero-order valence-corrected chi connectivity index (χ0v) is 37.6. The minimum atomic E-state index is -0.761. The summed E-state index contributed by atoms with van der Waals surface area (Å²) in [6, 6.07) is 0. The highest BCUT2D eigenvalue weighted by molar-refractivity contribution is 5.71. The van der Waals surface area contributed by atoms with E-state index in [1.54, 1.807) is 0 Å². The van der Waals surface area contributed by atoms with Crippen molar-refractivity contribution >= 4 is 17.9 Å². The van der Waals surface area contributed by atoms with Crippen molar-refractivity contribution in [2.45, 2.75) is 272 Å². The lowest BCUT2D eigenvalue weighted by Crippen LogP contribution is -2.30. The number of carbonyl (C=O) groups excluding carboxylic acids is 3. The van der Waals surface area contributed by atoms with Crippen LogP contribution in [0.4, 0.5) is 0 Å². The molecule has 0 saturated heterocycles. The second-order valence-electron chi connectivity index (χ2n) is 17.7. The predicted molar refractivity (Wildman–Crippen MR) is 233 cm³/mol. The Kier molecular flexibility index (Phi) is 40.8. The number of rotatable bonds is 43. The highest BCUT2D eigenvalue weighted by Crippen LogP contribution is 2.17. The lowest BCUT2D eigenvalue weighted by Gasteiger charge is -2.18. The van der Waals surface area contributed by atoms with Crippen LogP contribution in [0, 0.1) is 11.8 Å². The van der Waals surface area contributed by atoms with Crippen molar-refractivity contribution in [2.24, 2.45) is 11.8 Å². The van der Waals surface area contributed by atoms with Crippen LogP contribution in [0.25, 0.3) is 0 Å². The third-order valence-electron chi connectivity index (χ3n) is 11.0. The van der Waals surface area contributed by atoms with Gasteiger partial charge in [0.2, 0.25) is 0 Å². The Morgan fingerprint density at radius 1 is 0.345 bits per heavy atom. The molecule has 55 heavy (non-hydrogen) atoms. The second-order valence-corrected chi connectivity index (χ2v) is 17.7. The first-order valence-corrected chi connectivity index (χ1v) is 24.2. The Hall–Kier alpha value is -1.59. The molecule has 0 saturated carbocycles. The van der Waals surface area contributed by atoms with Gasteiger partial charge in [-0.15, -0.1) is 0 Å². The summed E-state index contributed by atoms with van der Waals surface area (Å²) in [5, 5.41) is 0. The van der Waals surface area contributed by atoms with Gasteiger partial charge >= 0.3 is 17.9 Å². The van der Waals surface area contributed by atoms with Crippen LogP contribution in [0.1, 0.15) is 266 Å². The minimum absolute atomic E-state index is 0.0645. The fourth-order valence-corrected chi connectivity index (χ4v) is 7.28. The third-order valence-corrected chi connectivity index (χ3v) is 11.0. The van der Waals surface area contributed by atoms with Gasteiger partial charge in [0.1, 0.15) is 13.2 Å². The predicted octanol–water partition coefficient (Wildman–Crippen LogP) is 15.4. The van der Waals surface area contributed by atoms with Crippen LogP contribution in [-0.4, -0.2) is 37.2 Å². The van der Waals surface area contributed by atoms with Crippen LogP contribution in [-0.2, 0) is 28.6 Å². The first kappa shape index (κ1) is 53.4. The molecule has 0 N–H and O–H groups in total. The van der Waals surface area contributed by atoms with Gasteiger partial charge in [-0.3, -0.25) is 14.4 Å². The Bertz CT molecular complexity index is 839. The molecule has 0 aliphatic carbocycles. The first-order valence-electron chi connectivity index (χ1n) is 24.2. The molecule has 0 rings (SSSR count). The van der Waals surface area contributed by atoms with Crippen molar-refractivity contribution < 1.29 is 28.6 Å². The average Bonchev–Trinajstić information content (AvgIpc) is 3.15. The highest BCUT2D eigenvalue weighted by Gasteiger charge is 2.19. The summed E-state index contributed by atoms with van der Waals surface area (Å²) in [5.41, 5.74) is 0.